The molecule has 1 aromatic heterocycles. The molecule has 0 aliphatic carbocycles. The topological polar surface area (TPSA) is 75.9 Å². The second kappa shape index (κ2) is 7.06. The van der Waals surface area contributed by atoms with E-state index in [0.717, 1.165) is 43.0 Å². The van der Waals surface area contributed by atoms with Crippen molar-refractivity contribution in [3.8, 4) is 0 Å². The van der Waals surface area contributed by atoms with E-state index in [0.29, 0.717) is 5.82 Å². The molecule has 4 N–H and O–H groups in total. The third kappa shape index (κ3) is 3.85. The summed E-state index contributed by atoms with van der Waals surface area (Å²) in [7, 11) is 0. The number of nitrogens with one attached hydrogen (secondary N) is 2. The summed E-state index contributed by atoms with van der Waals surface area (Å²) in [5.41, 5.74) is 3.61. The molecule has 0 aliphatic rings. The van der Waals surface area contributed by atoms with Crippen molar-refractivity contribution in [3.05, 3.63) is 11.4 Å². The van der Waals surface area contributed by atoms with Crippen LogP contribution in [0.4, 0.5) is 11.6 Å². The molecule has 17 heavy (non-hydrogen) atoms. The molecule has 0 bridgehead atoms. The molecule has 0 radical (unpaired) electrons. The lowest BCUT2D eigenvalue weighted by atomic mass is 10.2. The maximum atomic E-state index is 5.47. The number of hydrogen-bond acceptors (Lipinski definition) is 5. The Morgan fingerprint density at radius 3 is 2.41 bits per heavy atom. The van der Waals surface area contributed by atoms with Crippen LogP contribution in [0.3, 0.4) is 0 Å². The Morgan fingerprint density at radius 1 is 1.12 bits per heavy atom. The van der Waals surface area contributed by atoms with E-state index < -0.39 is 0 Å². The van der Waals surface area contributed by atoms with Crippen LogP contribution in [0, 0.1) is 6.92 Å². The first-order valence-electron chi connectivity index (χ1n) is 6.30. The van der Waals surface area contributed by atoms with Gasteiger partial charge in [-0.25, -0.2) is 15.8 Å². The van der Waals surface area contributed by atoms with Gasteiger partial charge in [-0.05, 0) is 19.8 Å². The summed E-state index contributed by atoms with van der Waals surface area (Å²) in [4.78, 5) is 8.91. The van der Waals surface area contributed by atoms with E-state index in [-0.39, 0.29) is 0 Å². The van der Waals surface area contributed by atoms with Gasteiger partial charge in [0.2, 0.25) is 0 Å². The van der Waals surface area contributed by atoms with E-state index >= 15 is 0 Å². The molecule has 0 saturated heterocycles. The number of aryl methyl sites for hydroxylation is 1. The standard InChI is InChI=1S/C12H23N5/c1-4-6-8-14-11-9(3)12(17-13)16-10(15-11)7-5-2/h4-8,13H2,1-3H3,(H2,14,15,16,17). The zero-order chi connectivity index (χ0) is 12.7. The molecule has 0 spiro atoms. The van der Waals surface area contributed by atoms with Crippen molar-refractivity contribution < 1.29 is 0 Å². The minimum absolute atomic E-state index is 0.711. The van der Waals surface area contributed by atoms with Crippen molar-refractivity contribution in [1.29, 1.82) is 0 Å². The predicted molar refractivity (Wildman–Crippen MR) is 72.0 cm³/mol. The average Bonchev–Trinajstić information content (AvgIpc) is 2.33. The summed E-state index contributed by atoms with van der Waals surface area (Å²) in [6.45, 7) is 7.19. The Morgan fingerprint density at radius 2 is 1.82 bits per heavy atom. The third-order valence-electron chi connectivity index (χ3n) is 2.63. The number of anilines is 2. The Hall–Kier alpha value is -1.36. The molecule has 0 atom stereocenters. The highest BCUT2D eigenvalue weighted by Gasteiger charge is 2.09. The van der Waals surface area contributed by atoms with Crippen LogP contribution >= 0.6 is 0 Å². The fourth-order valence-electron chi connectivity index (χ4n) is 1.59. The van der Waals surface area contributed by atoms with Crippen LogP contribution in [0.5, 0.6) is 0 Å². The summed E-state index contributed by atoms with van der Waals surface area (Å²) in [6.07, 6.45) is 4.21. The van der Waals surface area contributed by atoms with Gasteiger partial charge in [0.05, 0.1) is 0 Å². The Kier molecular flexibility index (Phi) is 5.69. The average molecular weight is 237 g/mol. The first kappa shape index (κ1) is 13.7. The van der Waals surface area contributed by atoms with Crippen LogP contribution in [-0.4, -0.2) is 16.5 Å². The van der Waals surface area contributed by atoms with Crippen molar-refractivity contribution >= 4 is 11.6 Å². The molecule has 0 fully saturated rings. The Labute approximate surface area is 103 Å². The fourth-order valence-corrected chi connectivity index (χ4v) is 1.59. The molecule has 0 aliphatic heterocycles. The normalized spacial score (nSPS) is 10.4. The maximum absolute atomic E-state index is 5.47. The lowest BCUT2D eigenvalue weighted by molar-refractivity contribution is 0.810. The number of nitrogens with zero attached hydrogens (tertiary/aromatic N) is 2. The van der Waals surface area contributed by atoms with Crippen molar-refractivity contribution in [3.63, 3.8) is 0 Å². The number of rotatable bonds is 7. The molecule has 0 unspecified atom stereocenters. The molecule has 1 aromatic rings. The molecule has 0 aromatic carbocycles. The smallest absolute Gasteiger partial charge is 0.148 e. The van der Waals surface area contributed by atoms with E-state index in [1.54, 1.807) is 0 Å². The van der Waals surface area contributed by atoms with Crippen LogP contribution < -0.4 is 16.6 Å². The van der Waals surface area contributed by atoms with Gasteiger partial charge in [0.1, 0.15) is 17.5 Å². The monoisotopic (exact) mass is 237 g/mol. The van der Waals surface area contributed by atoms with Gasteiger partial charge in [0.25, 0.3) is 0 Å². The van der Waals surface area contributed by atoms with Gasteiger partial charge in [-0.15, -0.1) is 0 Å². The summed E-state index contributed by atoms with van der Waals surface area (Å²) in [5, 5.41) is 3.34. The lowest BCUT2D eigenvalue weighted by Gasteiger charge is -2.13. The molecule has 0 saturated carbocycles. The lowest BCUT2D eigenvalue weighted by Crippen LogP contribution is -2.15. The van der Waals surface area contributed by atoms with Crippen molar-refractivity contribution in [1.82, 2.24) is 9.97 Å². The highest BCUT2D eigenvalue weighted by Crippen LogP contribution is 2.19. The summed E-state index contributed by atoms with van der Waals surface area (Å²) < 4.78 is 0. The quantitative estimate of drug-likeness (QED) is 0.385. The van der Waals surface area contributed by atoms with Crippen molar-refractivity contribution in [2.45, 2.75) is 46.5 Å². The summed E-state index contributed by atoms with van der Waals surface area (Å²) in [5.74, 6) is 7.91. The maximum Gasteiger partial charge on any atom is 0.148 e. The van der Waals surface area contributed by atoms with Gasteiger partial charge in [-0.3, -0.25) is 0 Å². The highest BCUT2D eigenvalue weighted by atomic mass is 15.3. The van der Waals surface area contributed by atoms with E-state index in [1.165, 1.54) is 6.42 Å². The van der Waals surface area contributed by atoms with Crippen LogP contribution in [0.15, 0.2) is 0 Å². The molecule has 1 rings (SSSR count). The minimum Gasteiger partial charge on any atom is -0.370 e. The number of unbranched alkanes of at least 4 members (excludes halogenated alkanes) is 1. The van der Waals surface area contributed by atoms with Gasteiger partial charge in [0, 0.05) is 18.5 Å². The molecule has 1 heterocycles. The van der Waals surface area contributed by atoms with Gasteiger partial charge >= 0.3 is 0 Å². The first-order chi connectivity index (χ1) is 8.22. The molecule has 5 heteroatoms. The zero-order valence-corrected chi connectivity index (χ0v) is 11.0. The van der Waals surface area contributed by atoms with Crippen LogP contribution in [0.1, 0.15) is 44.5 Å². The van der Waals surface area contributed by atoms with E-state index in [1.807, 2.05) is 6.92 Å². The Bertz CT molecular complexity index is 351. The van der Waals surface area contributed by atoms with Gasteiger partial charge < -0.3 is 10.7 Å². The van der Waals surface area contributed by atoms with Crippen molar-refractivity contribution in [2.24, 2.45) is 5.84 Å². The highest BCUT2D eigenvalue weighted by molar-refractivity contribution is 5.56. The molecule has 5 nitrogen and oxygen atoms in total. The third-order valence-corrected chi connectivity index (χ3v) is 2.63. The van der Waals surface area contributed by atoms with E-state index in [9.17, 15) is 0 Å². The molecule has 0 amide bonds. The number of aromatic nitrogens is 2. The first-order valence-corrected chi connectivity index (χ1v) is 6.30. The van der Waals surface area contributed by atoms with Crippen LogP contribution in [-0.2, 0) is 6.42 Å². The zero-order valence-electron chi connectivity index (χ0n) is 11.0. The largest absolute Gasteiger partial charge is 0.370 e. The van der Waals surface area contributed by atoms with E-state index in [2.05, 4.69) is 34.6 Å². The number of hydrogen-bond donors (Lipinski definition) is 3. The fraction of sp³-hybridized carbons (Fsp3) is 0.667. The summed E-state index contributed by atoms with van der Waals surface area (Å²) in [6, 6.07) is 0. The minimum atomic E-state index is 0.711. The SMILES string of the molecule is CCCCNc1nc(CCC)nc(NN)c1C. The van der Waals surface area contributed by atoms with E-state index in [4.69, 9.17) is 5.84 Å². The van der Waals surface area contributed by atoms with Gasteiger partial charge in [-0.2, -0.15) is 0 Å². The van der Waals surface area contributed by atoms with Gasteiger partial charge in [-0.1, -0.05) is 20.3 Å². The number of nitrogens with two attached hydrogens (primary N) is 1. The van der Waals surface area contributed by atoms with Gasteiger partial charge in [0.15, 0.2) is 0 Å². The number of hydrazine groups is 1. The molecular weight excluding hydrogens is 214 g/mol. The molecule has 96 valence electrons. The second-order valence-corrected chi connectivity index (χ2v) is 4.14. The second-order valence-electron chi connectivity index (χ2n) is 4.14. The van der Waals surface area contributed by atoms with Crippen LogP contribution in [0.25, 0.3) is 0 Å². The summed E-state index contributed by atoms with van der Waals surface area (Å²) >= 11 is 0. The van der Waals surface area contributed by atoms with Crippen LogP contribution in [0.2, 0.25) is 0 Å². The predicted octanol–water partition coefficient (Wildman–Crippen LogP) is 2.24. The molecular formula is C12H23N5. The Balaban J connectivity index is 2.88. The van der Waals surface area contributed by atoms with Crippen molar-refractivity contribution in [2.75, 3.05) is 17.3 Å². The number of nitrogen functional groups attached to an aromatic ring is 1.